The van der Waals surface area contributed by atoms with Gasteiger partial charge in [0.2, 0.25) is 5.91 Å². The topological polar surface area (TPSA) is 96.7 Å². The summed E-state index contributed by atoms with van der Waals surface area (Å²) < 4.78 is 0. The van der Waals surface area contributed by atoms with E-state index >= 15 is 0 Å². The number of unbranched alkanes of at least 4 members (excludes halogenated alkanes) is 1. The molecule has 0 aliphatic heterocycles. The van der Waals surface area contributed by atoms with Crippen LogP contribution in [0.5, 0.6) is 0 Å². The molecule has 1 amide bonds. The molecule has 0 aliphatic carbocycles. The lowest BCUT2D eigenvalue weighted by atomic mass is 10.1. The van der Waals surface area contributed by atoms with Crippen molar-refractivity contribution in [2.45, 2.75) is 38.6 Å². The van der Waals surface area contributed by atoms with Crippen molar-refractivity contribution < 1.29 is 4.79 Å². The van der Waals surface area contributed by atoms with Crippen LogP contribution in [0.2, 0.25) is 0 Å². The van der Waals surface area contributed by atoms with Gasteiger partial charge in [-0.2, -0.15) is 5.10 Å². The fraction of sp³-hybridized carbons (Fsp3) is 0.700. The van der Waals surface area contributed by atoms with Crippen molar-refractivity contribution >= 4 is 5.91 Å². The van der Waals surface area contributed by atoms with Crippen molar-refractivity contribution in [3.8, 4) is 0 Å². The normalized spacial score (nSPS) is 12.4. The molecule has 0 bridgehead atoms. The van der Waals surface area contributed by atoms with Crippen molar-refractivity contribution in [3.63, 3.8) is 0 Å². The van der Waals surface area contributed by atoms with Gasteiger partial charge in [-0.15, -0.1) is 0 Å². The first kappa shape index (κ1) is 12.6. The Kier molecular flexibility index (Phi) is 5.49. The average molecular weight is 225 g/mol. The van der Waals surface area contributed by atoms with Gasteiger partial charge in [-0.3, -0.25) is 9.89 Å². The van der Waals surface area contributed by atoms with Gasteiger partial charge < -0.3 is 11.1 Å². The monoisotopic (exact) mass is 225 g/mol. The quantitative estimate of drug-likeness (QED) is 0.607. The number of carbonyl (C=O) groups is 1. The van der Waals surface area contributed by atoms with Gasteiger partial charge in [-0.25, -0.2) is 4.98 Å². The molecule has 90 valence electrons. The minimum atomic E-state index is -0.394. The summed E-state index contributed by atoms with van der Waals surface area (Å²) in [7, 11) is 0. The summed E-state index contributed by atoms with van der Waals surface area (Å²) in [6, 6.07) is -0.394. The molecular weight excluding hydrogens is 206 g/mol. The second kappa shape index (κ2) is 6.95. The summed E-state index contributed by atoms with van der Waals surface area (Å²) in [6.07, 6.45) is 4.87. The van der Waals surface area contributed by atoms with E-state index in [0.717, 1.165) is 25.1 Å². The Bertz CT molecular complexity index is 298. The SMILES string of the molecule is CCCCC(N)C(=O)NCCc1ncn[nH]1. The molecule has 0 saturated heterocycles. The van der Waals surface area contributed by atoms with Crippen LogP contribution in [0.3, 0.4) is 0 Å². The van der Waals surface area contributed by atoms with E-state index in [9.17, 15) is 4.79 Å². The van der Waals surface area contributed by atoms with Crippen molar-refractivity contribution in [3.05, 3.63) is 12.2 Å². The van der Waals surface area contributed by atoms with Crippen LogP contribution in [0.15, 0.2) is 6.33 Å². The maximum absolute atomic E-state index is 11.5. The number of H-pyrrole nitrogens is 1. The van der Waals surface area contributed by atoms with Gasteiger partial charge in [0.15, 0.2) is 0 Å². The van der Waals surface area contributed by atoms with E-state index in [1.165, 1.54) is 6.33 Å². The highest BCUT2D eigenvalue weighted by atomic mass is 16.2. The summed E-state index contributed by atoms with van der Waals surface area (Å²) in [5, 5.41) is 9.23. The number of hydrogen-bond donors (Lipinski definition) is 3. The molecule has 0 spiro atoms. The van der Waals surface area contributed by atoms with E-state index in [1.54, 1.807) is 0 Å². The van der Waals surface area contributed by atoms with Gasteiger partial charge in [0.05, 0.1) is 6.04 Å². The molecule has 6 nitrogen and oxygen atoms in total. The number of hydrogen-bond acceptors (Lipinski definition) is 4. The van der Waals surface area contributed by atoms with Crippen LogP contribution in [-0.2, 0) is 11.2 Å². The fourth-order valence-electron chi connectivity index (χ4n) is 1.34. The number of nitrogens with one attached hydrogen (secondary N) is 2. The summed E-state index contributed by atoms with van der Waals surface area (Å²) in [5.74, 6) is 0.676. The highest BCUT2D eigenvalue weighted by Gasteiger charge is 2.11. The third-order valence-electron chi connectivity index (χ3n) is 2.33. The fourth-order valence-corrected chi connectivity index (χ4v) is 1.34. The van der Waals surface area contributed by atoms with Crippen LogP contribution in [-0.4, -0.2) is 33.7 Å². The Balaban J connectivity index is 2.14. The summed E-state index contributed by atoms with van der Waals surface area (Å²) >= 11 is 0. The first-order chi connectivity index (χ1) is 7.74. The largest absolute Gasteiger partial charge is 0.354 e. The lowest BCUT2D eigenvalue weighted by Gasteiger charge is -2.10. The molecule has 0 saturated carbocycles. The Morgan fingerprint density at radius 3 is 3.12 bits per heavy atom. The van der Waals surface area contributed by atoms with Crippen molar-refractivity contribution in [2.24, 2.45) is 5.73 Å². The highest BCUT2D eigenvalue weighted by molar-refractivity contribution is 5.81. The van der Waals surface area contributed by atoms with Crippen molar-refractivity contribution in [1.29, 1.82) is 0 Å². The van der Waals surface area contributed by atoms with Crippen LogP contribution in [0.1, 0.15) is 32.0 Å². The maximum atomic E-state index is 11.5. The number of carbonyl (C=O) groups excluding carboxylic acids is 1. The maximum Gasteiger partial charge on any atom is 0.236 e. The van der Waals surface area contributed by atoms with Crippen LogP contribution in [0, 0.1) is 0 Å². The van der Waals surface area contributed by atoms with E-state index in [4.69, 9.17) is 5.73 Å². The zero-order valence-electron chi connectivity index (χ0n) is 9.57. The van der Waals surface area contributed by atoms with E-state index in [-0.39, 0.29) is 5.91 Å². The number of nitrogens with two attached hydrogens (primary N) is 1. The minimum Gasteiger partial charge on any atom is -0.354 e. The van der Waals surface area contributed by atoms with Crippen LogP contribution in [0.25, 0.3) is 0 Å². The smallest absolute Gasteiger partial charge is 0.236 e. The molecule has 1 aromatic heterocycles. The average Bonchev–Trinajstić information content (AvgIpc) is 2.78. The molecule has 1 atom stereocenters. The molecule has 0 aromatic carbocycles. The van der Waals surface area contributed by atoms with Crippen LogP contribution in [0.4, 0.5) is 0 Å². The molecule has 4 N–H and O–H groups in total. The zero-order valence-corrected chi connectivity index (χ0v) is 9.57. The predicted octanol–water partition coefficient (Wildman–Crippen LogP) is -0.0191. The molecule has 16 heavy (non-hydrogen) atoms. The van der Waals surface area contributed by atoms with E-state index in [0.29, 0.717) is 13.0 Å². The molecule has 1 unspecified atom stereocenters. The van der Waals surface area contributed by atoms with E-state index in [1.807, 2.05) is 0 Å². The Labute approximate surface area is 95.0 Å². The van der Waals surface area contributed by atoms with Crippen molar-refractivity contribution in [2.75, 3.05) is 6.54 Å². The number of rotatable bonds is 7. The standard InChI is InChI=1S/C10H19N5O/c1-2-3-4-8(11)10(16)12-6-5-9-13-7-14-15-9/h7-8H,2-6,11H2,1H3,(H,12,16)(H,13,14,15). The summed E-state index contributed by atoms with van der Waals surface area (Å²) in [6.45, 7) is 2.61. The number of amides is 1. The summed E-state index contributed by atoms with van der Waals surface area (Å²) in [5.41, 5.74) is 5.71. The van der Waals surface area contributed by atoms with Gasteiger partial charge in [0.25, 0.3) is 0 Å². The predicted molar refractivity (Wildman–Crippen MR) is 60.6 cm³/mol. The van der Waals surface area contributed by atoms with Gasteiger partial charge in [-0.05, 0) is 6.42 Å². The third kappa shape index (κ3) is 4.39. The Hall–Kier alpha value is -1.43. The minimum absolute atomic E-state index is 0.0898. The zero-order chi connectivity index (χ0) is 11.8. The first-order valence-electron chi connectivity index (χ1n) is 5.61. The first-order valence-corrected chi connectivity index (χ1v) is 5.61. The van der Waals surface area contributed by atoms with Gasteiger partial charge >= 0.3 is 0 Å². The van der Waals surface area contributed by atoms with Crippen LogP contribution >= 0.6 is 0 Å². The van der Waals surface area contributed by atoms with Crippen LogP contribution < -0.4 is 11.1 Å². The van der Waals surface area contributed by atoms with Crippen molar-refractivity contribution in [1.82, 2.24) is 20.5 Å². The Morgan fingerprint density at radius 2 is 2.50 bits per heavy atom. The highest BCUT2D eigenvalue weighted by Crippen LogP contribution is 1.97. The summed E-state index contributed by atoms with van der Waals surface area (Å²) in [4.78, 5) is 15.5. The third-order valence-corrected chi connectivity index (χ3v) is 2.33. The molecule has 1 rings (SSSR count). The van der Waals surface area contributed by atoms with E-state index < -0.39 is 6.04 Å². The molecule has 0 radical (unpaired) electrons. The number of aromatic amines is 1. The second-order valence-corrected chi connectivity index (χ2v) is 3.72. The molecular formula is C10H19N5O. The molecule has 0 fully saturated rings. The van der Waals surface area contributed by atoms with E-state index in [2.05, 4.69) is 27.4 Å². The van der Waals surface area contributed by atoms with Gasteiger partial charge in [0.1, 0.15) is 12.2 Å². The van der Waals surface area contributed by atoms with Gasteiger partial charge in [0, 0.05) is 13.0 Å². The molecule has 0 aliphatic rings. The molecule has 1 aromatic rings. The number of aromatic nitrogens is 3. The Morgan fingerprint density at radius 1 is 1.69 bits per heavy atom. The van der Waals surface area contributed by atoms with Gasteiger partial charge in [-0.1, -0.05) is 19.8 Å². The molecule has 6 heteroatoms. The lowest BCUT2D eigenvalue weighted by molar-refractivity contribution is -0.122. The molecule has 1 heterocycles. The lowest BCUT2D eigenvalue weighted by Crippen LogP contribution is -2.41. The second-order valence-electron chi connectivity index (χ2n) is 3.72. The number of nitrogens with zero attached hydrogens (tertiary/aromatic N) is 2.